The van der Waals surface area contributed by atoms with Crippen molar-refractivity contribution in [3.05, 3.63) is 89.5 Å². The number of rotatable bonds is 7. The van der Waals surface area contributed by atoms with Crippen LogP contribution in [0.5, 0.6) is 0 Å². The first-order chi connectivity index (χ1) is 16.1. The third kappa shape index (κ3) is 6.16. The summed E-state index contributed by atoms with van der Waals surface area (Å²) in [5.74, 6) is -0.766. The molecule has 1 saturated heterocycles. The Balaban J connectivity index is 1.51. The SMILES string of the molecule is O=C(Cc1ccc(F)cc1)Nc1ccc(N2CCCCC2)c(C(=O)NCc2cccnc2)c1. The van der Waals surface area contributed by atoms with Crippen LogP contribution in [0.25, 0.3) is 0 Å². The van der Waals surface area contributed by atoms with Gasteiger partial charge in [0, 0.05) is 43.4 Å². The minimum absolute atomic E-state index is 0.122. The van der Waals surface area contributed by atoms with Crippen molar-refractivity contribution in [1.82, 2.24) is 10.3 Å². The Morgan fingerprint density at radius 3 is 2.48 bits per heavy atom. The number of hydrogen-bond acceptors (Lipinski definition) is 4. The van der Waals surface area contributed by atoms with Crippen LogP contribution in [-0.4, -0.2) is 29.9 Å². The summed E-state index contributed by atoms with van der Waals surface area (Å²) in [4.78, 5) is 32.0. The largest absolute Gasteiger partial charge is 0.371 e. The van der Waals surface area contributed by atoms with Gasteiger partial charge in [-0.25, -0.2) is 4.39 Å². The monoisotopic (exact) mass is 446 g/mol. The van der Waals surface area contributed by atoms with Gasteiger partial charge in [-0.05, 0) is 66.8 Å². The number of nitrogens with zero attached hydrogens (tertiary/aromatic N) is 2. The van der Waals surface area contributed by atoms with Gasteiger partial charge in [0.2, 0.25) is 5.91 Å². The molecule has 3 aromatic rings. The predicted octanol–water partition coefficient (Wildman–Crippen LogP) is 4.32. The second-order valence-electron chi connectivity index (χ2n) is 8.18. The molecule has 1 aliphatic rings. The number of nitrogens with one attached hydrogen (secondary N) is 2. The first kappa shape index (κ1) is 22.5. The van der Waals surface area contributed by atoms with Crippen molar-refractivity contribution >= 4 is 23.2 Å². The zero-order chi connectivity index (χ0) is 23.0. The Kier molecular flexibility index (Phi) is 7.29. The van der Waals surface area contributed by atoms with E-state index in [9.17, 15) is 14.0 Å². The van der Waals surface area contributed by atoms with E-state index in [0.717, 1.165) is 37.2 Å². The highest BCUT2D eigenvalue weighted by Crippen LogP contribution is 2.27. The topological polar surface area (TPSA) is 74.3 Å². The van der Waals surface area contributed by atoms with Crippen molar-refractivity contribution in [3.8, 4) is 0 Å². The lowest BCUT2D eigenvalue weighted by atomic mass is 10.1. The number of carbonyl (C=O) groups excluding carboxylic acids is 2. The molecule has 0 radical (unpaired) electrons. The molecule has 2 amide bonds. The predicted molar refractivity (Wildman–Crippen MR) is 127 cm³/mol. The van der Waals surface area contributed by atoms with Crippen LogP contribution < -0.4 is 15.5 Å². The van der Waals surface area contributed by atoms with Gasteiger partial charge < -0.3 is 15.5 Å². The van der Waals surface area contributed by atoms with Crippen molar-refractivity contribution in [2.75, 3.05) is 23.3 Å². The summed E-state index contributed by atoms with van der Waals surface area (Å²) in [6.07, 6.45) is 6.91. The Labute approximate surface area is 192 Å². The van der Waals surface area contributed by atoms with Crippen LogP contribution in [0.3, 0.4) is 0 Å². The minimum atomic E-state index is -0.339. The van der Waals surface area contributed by atoms with Crippen molar-refractivity contribution in [1.29, 1.82) is 0 Å². The fourth-order valence-electron chi connectivity index (χ4n) is 3.98. The van der Waals surface area contributed by atoms with E-state index in [1.165, 1.54) is 18.6 Å². The van der Waals surface area contributed by atoms with Crippen LogP contribution in [0.4, 0.5) is 15.8 Å². The summed E-state index contributed by atoms with van der Waals surface area (Å²) >= 11 is 0. The number of carbonyl (C=O) groups is 2. The standard InChI is InChI=1S/C26H27FN4O2/c27-21-8-6-19(7-9-21)15-25(32)30-22-10-11-24(31-13-2-1-3-14-31)23(16-22)26(33)29-18-20-5-4-12-28-17-20/h4-12,16-17H,1-3,13-15,18H2,(H,29,33)(H,30,32). The quantitative estimate of drug-likeness (QED) is 0.567. The molecule has 1 fully saturated rings. The smallest absolute Gasteiger partial charge is 0.253 e. The van der Waals surface area contributed by atoms with Gasteiger partial charge in [-0.3, -0.25) is 14.6 Å². The minimum Gasteiger partial charge on any atom is -0.371 e. The molecule has 0 atom stereocenters. The van der Waals surface area contributed by atoms with Crippen molar-refractivity contribution < 1.29 is 14.0 Å². The van der Waals surface area contributed by atoms with Gasteiger partial charge >= 0.3 is 0 Å². The molecule has 7 heteroatoms. The first-order valence-electron chi connectivity index (χ1n) is 11.2. The van der Waals surface area contributed by atoms with E-state index in [4.69, 9.17) is 0 Å². The number of pyridine rings is 1. The lowest BCUT2D eigenvalue weighted by Gasteiger charge is -2.30. The molecule has 0 unspecified atom stereocenters. The van der Waals surface area contributed by atoms with E-state index in [0.29, 0.717) is 23.4 Å². The highest BCUT2D eigenvalue weighted by Gasteiger charge is 2.20. The maximum atomic E-state index is 13.1. The van der Waals surface area contributed by atoms with E-state index in [1.54, 1.807) is 30.6 Å². The van der Waals surface area contributed by atoms with Gasteiger partial charge in [-0.15, -0.1) is 0 Å². The Hall–Kier alpha value is -3.74. The number of amides is 2. The number of aromatic nitrogens is 1. The molecule has 33 heavy (non-hydrogen) atoms. The molecule has 0 saturated carbocycles. The zero-order valence-electron chi connectivity index (χ0n) is 18.4. The summed E-state index contributed by atoms with van der Waals surface area (Å²) in [6, 6.07) is 15.0. The van der Waals surface area contributed by atoms with Crippen molar-refractivity contribution in [2.24, 2.45) is 0 Å². The van der Waals surface area contributed by atoms with E-state index in [1.807, 2.05) is 24.3 Å². The molecule has 0 aliphatic carbocycles. The van der Waals surface area contributed by atoms with Crippen molar-refractivity contribution in [3.63, 3.8) is 0 Å². The van der Waals surface area contributed by atoms with Gasteiger partial charge in [-0.2, -0.15) is 0 Å². The molecule has 2 N–H and O–H groups in total. The molecule has 2 heterocycles. The summed E-state index contributed by atoms with van der Waals surface area (Å²) in [5.41, 5.74) is 3.58. The molecule has 1 aromatic heterocycles. The fourth-order valence-corrected chi connectivity index (χ4v) is 3.98. The second kappa shape index (κ2) is 10.7. The van der Waals surface area contributed by atoms with Crippen LogP contribution in [0.2, 0.25) is 0 Å². The second-order valence-corrected chi connectivity index (χ2v) is 8.18. The molecule has 0 spiro atoms. The maximum Gasteiger partial charge on any atom is 0.253 e. The Morgan fingerprint density at radius 2 is 1.76 bits per heavy atom. The highest BCUT2D eigenvalue weighted by molar-refractivity contribution is 6.02. The number of hydrogen-bond donors (Lipinski definition) is 2. The third-order valence-corrected chi connectivity index (χ3v) is 5.68. The van der Waals surface area contributed by atoms with Crippen molar-refractivity contribution in [2.45, 2.75) is 32.2 Å². The third-order valence-electron chi connectivity index (χ3n) is 5.68. The molecular formula is C26H27FN4O2. The van der Waals surface area contributed by atoms with Crippen LogP contribution in [0.15, 0.2) is 67.0 Å². The fraction of sp³-hybridized carbons (Fsp3) is 0.269. The van der Waals surface area contributed by atoms with E-state index in [-0.39, 0.29) is 24.1 Å². The molecule has 6 nitrogen and oxygen atoms in total. The molecule has 1 aliphatic heterocycles. The lowest BCUT2D eigenvalue weighted by Crippen LogP contribution is -2.32. The summed E-state index contributed by atoms with van der Waals surface area (Å²) in [5, 5.41) is 5.83. The van der Waals surface area contributed by atoms with Gasteiger partial charge in [0.05, 0.1) is 12.0 Å². The summed E-state index contributed by atoms with van der Waals surface area (Å²) in [7, 11) is 0. The molecule has 2 aromatic carbocycles. The normalized spacial score (nSPS) is 13.4. The van der Waals surface area contributed by atoms with Crippen LogP contribution in [-0.2, 0) is 17.8 Å². The van der Waals surface area contributed by atoms with Gasteiger partial charge in [0.15, 0.2) is 0 Å². The molecule has 0 bridgehead atoms. The average molecular weight is 447 g/mol. The van der Waals surface area contributed by atoms with Crippen LogP contribution >= 0.6 is 0 Å². The number of anilines is 2. The number of piperidine rings is 1. The van der Waals surface area contributed by atoms with E-state index in [2.05, 4.69) is 20.5 Å². The van der Waals surface area contributed by atoms with E-state index < -0.39 is 0 Å². The molecular weight excluding hydrogens is 419 g/mol. The number of benzene rings is 2. The lowest BCUT2D eigenvalue weighted by molar-refractivity contribution is -0.115. The van der Waals surface area contributed by atoms with Crippen LogP contribution in [0, 0.1) is 5.82 Å². The zero-order valence-corrected chi connectivity index (χ0v) is 18.4. The van der Waals surface area contributed by atoms with Crippen LogP contribution in [0.1, 0.15) is 40.7 Å². The number of halogens is 1. The molecule has 4 rings (SSSR count). The van der Waals surface area contributed by atoms with E-state index >= 15 is 0 Å². The van der Waals surface area contributed by atoms with Gasteiger partial charge in [0.1, 0.15) is 5.82 Å². The summed E-state index contributed by atoms with van der Waals surface area (Å²) < 4.78 is 13.1. The first-order valence-corrected chi connectivity index (χ1v) is 11.2. The van der Waals surface area contributed by atoms with Gasteiger partial charge in [-0.1, -0.05) is 18.2 Å². The Morgan fingerprint density at radius 1 is 0.970 bits per heavy atom. The van der Waals surface area contributed by atoms with Gasteiger partial charge in [0.25, 0.3) is 5.91 Å². The Bertz CT molecular complexity index is 1100. The maximum absolute atomic E-state index is 13.1. The highest BCUT2D eigenvalue weighted by atomic mass is 19.1. The molecule has 170 valence electrons. The summed E-state index contributed by atoms with van der Waals surface area (Å²) in [6.45, 7) is 2.17. The average Bonchev–Trinajstić information content (AvgIpc) is 2.85.